The normalized spacial score (nSPS) is 13.3. The highest BCUT2D eigenvalue weighted by Crippen LogP contribution is 2.25. The third-order valence-electron chi connectivity index (χ3n) is 2.62. The highest BCUT2D eigenvalue weighted by Gasteiger charge is 2.22. The number of nitrogens with one attached hydrogen (secondary N) is 1. The van der Waals surface area contributed by atoms with Gasteiger partial charge in [0.15, 0.2) is 0 Å². The van der Waals surface area contributed by atoms with Crippen molar-refractivity contribution in [2.24, 2.45) is 0 Å². The molecule has 2 rings (SSSR count). The molecule has 1 aromatic heterocycles. The number of nitrogens with zero attached hydrogens (tertiary/aromatic N) is 1. The molecule has 0 fully saturated rings. The molecule has 0 aliphatic carbocycles. The van der Waals surface area contributed by atoms with E-state index >= 15 is 0 Å². The lowest BCUT2D eigenvalue weighted by Gasteiger charge is -2.13. The van der Waals surface area contributed by atoms with Crippen molar-refractivity contribution in [1.29, 1.82) is 0 Å². The minimum atomic E-state index is -3.69. The predicted octanol–water partition coefficient (Wildman–Crippen LogP) is 2.44. The number of thiazole rings is 1. The SMILES string of the molecule is CC(NS(=O)(=O)c1cc(CO)ccc1Br)c1nccs1. The topological polar surface area (TPSA) is 79.3 Å². The van der Waals surface area contributed by atoms with E-state index in [1.807, 2.05) is 0 Å². The highest BCUT2D eigenvalue weighted by molar-refractivity contribution is 9.10. The van der Waals surface area contributed by atoms with Crippen molar-refractivity contribution < 1.29 is 13.5 Å². The van der Waals surface area contributed by atoms with Crippen LogP contribution < -0.4 is 4.72 Å². The second-order valence-corrected chi connectivity index (χ2v) is 7.60. The molecule has 8 heteroatoms. The van der Waals surface area contributed by atoms with Gasteiger partial charge in [0.05, 0.1) is 17.5 Å². The van der Waals surface area contributed by atoms with Gasteiger partial charge in [0.25, 0.3) is 0 Å². The Morgan fingerprint density at radius 1 is 1.50 bits per heavy atom. The van der Waals surface area contributed by atoms with E-state index in [4.69, 9.17) is 5.11 Å². The minimum Gasteiger partial charge on any atom is -0.392 e. The Balaban J connectivity index is 2.31. The first-order valence-corrected chi connectivity index (χ1v) is 8.90. The first-order chi connectivity index (χ1) is 9.44. The number of aliphatic hydroxyl groups is 1. The van der Waals surface area contributed by atoms with Crippen molar-refractivity contribution in [1.82, 2.24) is 9.71 Å². The molecule has 108 valence electrons. The van der Waals surface area contributed by atoms with Crippen molar-refractivity contribution in [3.8, 4) is 0 Å². The monoisotopic (exact) mass is 376 g/mol. The molecule has 1 atom stereocenters. The van der Waals surface area contributed by atoms with E-state index < -0.39 is 16.1 Å². The lowest BCUT2D eigenvalue weighted by atomic mass is 10.2. The standard InChI is InChI=1S/C12H13BrN2O3S2/c1-8(12-14-4-5-19-12)15-20(17,18)11-6-9(7-16)2-3-10(11)13/h2-6,8,15-16H,7H2,1H3. The van der Waals surface area contributed by atoms with Crippen LogP contribution in [0.15, 0.2) is 39.1 Å². The first kappa shape index (κ1) is 15.6. The summed E-state index contributed by atoms with van der Waals surface area (Å²) >= 11 is 4.61. The molecule has 0 saturated heterocycles. The maximum Gasteiger partial charge on any atom is 0.242 e. The molecule has 0 saturated carbocycles. The van der Waals surface area contributed by atoms with E-state index in [1.165, 1.54) is 17.4 Å². The van der Waals surface area contributed by atoms with Gasteiger partial charge in [0.1, 0.15) is 5.01 Å². The van der Waals surface area contributed by atoms with Gasteiger partial charge in [0, 0.05) is 16.0 Å². The molecule has 0 spiro atoms. The van der Waals surface area contributed by atoms with Crippen molar-refractivity contribution in [3.63, 3.8) is 0 Å². The molecule has 5 nitrogen and oxygen atoms in total. The van der Waals surface area contributed by atoms with Gasteiger partial charge in [-0.1, -0.05) is 6.07 Å². The summed E-state index contributed by atoms with van der Waals surface area (Å²) < 4.78 is 27.8. The smallest absolute Gasteiger partial charge is 0.242 e. The Labute approximate surface area is 129 Å². The zero-order valence-electron chi connectivity index (χ0n) is 10.6. The number of aliphatic hydroxyl groups excluding tert-OH is 1. The number of aromatic nitrogens is 1. The van der Waals surface area contributed by atoms with Gasteiger partial charge in [-0.2, -0.15) is 0 Å². The third-order valence-corrected chi connectivity index (χ3v) is 6.11. The summed E-state index contributed by atoms with van der Waals surface area (Å²) in [5.41, 5.74) is 0.537. The Morgan fingerprint density at radius 2 is 2.25 bits per heavy atom. The number of hydrogen-bond donors (Lipinski definition) is 2. The van der Waals surface area contributed by atoms with Crippen molar-refractivity contribution in [2.45, 2.75) is 24.5 Å². The second-order valence-electron chi connectivity index (χ2n) is 4.14. The molecule has 1 unspecified atom stereocenters. The number of rotatable bonds is 5. The zero-order valence-corrected chi connectivity index (χ0v) is 13.8. The average Bonchev–Trinajstić information content (AvgIpc) is 2.92. The van der Waals surface area contributed by atoms with Crippen LogP contribution in [0.2, 0.25) is 0 Å². The summed E-state index contributed by atoms with van der Waals surface area (Å²) in [4.78, 5) is 4.19. The largest absolute Gasteiger partial charge is 0.392 e. The fourth-order valence-electron chi connectivity index (χ4n) is 1.65. The summed E-state index contributed by atoms with van der Waals surface area (Å²) in [5, 5.41) is 11.6. The lowest BCUT2D eigenvalue weighted by molar-refractivity contribution is 0.281. The molecule has 0 radical (unpaired) electrons. The third kappa shape index (κ3) is 3.44. The molecular formula is C12H13BrN2O3S2. The van der Waals surface area contributed by atoms with Crippen molar-refractivity contribution in [2.75, 3.05) is 0 Å². The molecule has 0 aliphatic rings. The van der Waals surface area contributed by atoms with Crippen LogP contribution in [0.25, 0.3) is 0 Å². The van der Waals surface area contributed by atoms with Gasteiger partial charge >= 0.3 is 0 Å². The van der Waals surface area contributed by atoms with E-state index in [-0.39, 0.29) is 11.5 Å². The summed E-state index contributed by atoms with van der Waals surface area (Å²) in [7, 11) is -3.69. The summed E-state index contributed by atoms with van der Waals surface area (Å²) in [6, 6.07) is 4.30. The lowest BCUT2D eigenvalue weighted by Crippen LogP contribution is -2.27. The van der Waals surface area contributed by atoms with Crippen molar-refractivity contribution in [3.05, 3.63) is 44.8 Å². The van der Waals surface area contributed by atoms with E-state index in [1.54, 1.807) is 30.6 Å². The highest BCUT2D eigenvalue weighted by atomic mass is 79.9. The first-order valence-electron chi connectivity index (χ1n) is 5.75. The van der Waals surface area contributed by atoms with Crippen LogP contribution in [0.3, 0.4) is 0 Å². The van der Waals surface area contributed by atoms with Gasteiger partial charge in [-0.25, -0.2) is 18.1 Å². The van der Waals surface area contributed by atoms with Gasteiger partial charge in [0.2, 0.25) is 10.0 Å². The maximum absolute atomic E-state index is 12.4. The summed E-state index contributed by atoms with van der Waals surface area (Å²) in [5.74, 6) is 0. The van der Waals surface area contributed by atoms with Gasteiger partial charge < -0.3 is 5.11 Å². The number of benzene rings is 1. The Morgan fingerprint density at radius 3 is 2.85 bits per heavy atom. The molecule has 0 bridgehead atoms. The van der Waals surface area contributed by atoms with E-state index in [0.29, 0.717) is 15.0 Å². The van der Waals surface area contributed by atoms with Crippen LogP contribution >= 0.6 is 27.3 Å². The fraction of sp³-hybridized carbons (Fsp3) is 0.250. The molecule has 0 aliphatic heterocycles. The number of hydrogen-bond acceptors (Lipinski definition) is 5. The number of halogens is 1. The van der Waals surface area contributed by atoms with Crippen molar-refractivity contribution >= 4 is 37.3 Å². The fourth-order valence-corrected chi connectivity index (χ4v) is 4.59. The zero-order chi connectivity index (χ0) is 14.8. The number of sulfonamides is 1. The molecule has 2 N–H and O–H groups in total. The Hall–Kier alpha value is -0.800. The van der Waals surface area contributed by atoms with Crippen LogP contribution in [-0.2, 0) is 16.6 Å². The van der Waals surface area contributed by atoms with Gasteiger partial charge in [-0.3, -0.25) is 0 Å². The Kier molecular flexibility index (Phi) is 4.92. The van der Waals surface area contributed by atoms with Crippen LogP contribution in [0.4, 0.5) is 0 Å². The maximum atomic E-state index is 12.4. The van der Waals surface area contributed by atoms with Crippen LogP contribution in [-0.4, -0.2) is 18.5 Å². The molecule has 1 aromatic carbocycles. The van der Waals surface area contributed by atoms with Gasteiger partial charge in [-0.15, -0.1) is 11.3 Å². The van der Waals surface area contributed by atoms with Crippen LogP contribution in [0.5, 0.6) is 0 Å². The second kappa shape index (κ2) is 6.31. The molecule has 1 heterocycles. The summed E-state index contributed by atoms with van der Waals surface area (Å²) in [6.07, 6.45) is 1.63. The molecule has 20 heavy (non-hydrogen) atoms. The summed E-state index contributed by atoms with van der Waals surface area (Å²) in [6.45, 7) is 1.53. The van der Waals surface area contributed by atoms with E-state index in [0.717, 1.165) is 0 Å². The van der Waals surface area contributed by atoms with E-state index in [2.05, 4.69) is 25.6 Å². The molecular weight excluding hydrogens is 364 g/mol. The predicted molar refractivity (Wildman–Crippen MR) is 80.9 cm³/mol. The van der Waals surface area contributed by atoms with E-state index in [9.17, 15) is 8.42 Å². The molecule has 2 aromatic rings. The molecule has 0 amide bonds. The van der Waals surface area contributed by atoms with Crippen LogP contribution in [0.1, 0.15) is 23.5 Å². The average molecular weight is 377 g/mol. The Bertz CT molecular complexity index is 687. The van der Waals surface area contributed by atoms with Gasteiger partial charge in [-0.05, 0) is 40.5 Å². The minimum absolute atomic E-state index is 0.104. The quantitative estimate of drug-likeness (QED) is 0.839. The van der Waals surface area contributed by atoms with Crippen LogP contribution in [0, 0.1) is 0 Å².